The van der Waals surface area contributed by atoms with Crippen LogP contribution in [-0.4, -0.2) is 34.7 Å². The number of nitrogens with one attached hydrogen (secondary N) is 2. The van der Waals surface area contributed by atoms with Gasteiger partial charge in [-0.15, -0.1) is 0 Å². The number of pyridine rings is 1. The first-order chi connectivity index (χ1) is 12.4. The summed E-state index contributed by atoms with van der Waals surface area (Å²) in [6.45, 7) is 8.28. The number of nitrogens with zero attached hydrogens (tertiary/aromatic N) is 2. The second kappa shape index (κ2) is 6.86. The van der Waals surface area contributed by atoms with Crippen LogP contribution < -0.4 is 10.6 Å². The molecule has 6 heteroatoms. The van der Waals surface area contributed by atoms with Crippen molar-refractivity contribution < 1.29 is 9.59 Å². The maximum Gasteiger partial charge on any atom is 0.253 e. The van der Waals surface area contributed by atoms with E-state index in [-0.39, 0.29) is 17.7 Å². The van der Waals surface area contributed by atoms with Crippen molar-refractivity contribution in [2.75, 3.05) is 6.54 Å². The minimum absolute atomic E-state index is 0.0258. The van der Waals surface area contributed by atoms with Crippen molar-refractivity contribution in [3.63, 3.8) is 0 Å². The zero-order valence-corrected chi connectivity index (χ0v) is 15.6. The van der Waals surface area contributed by atoms with E-state index in [1.165, 1.54) is 0 Å². The number of hydrogen-bond donors (Lipinski definition) is 2. The van der Waals surface area contributed by atoms with Gasteiger partial charge in [0.15, 0.2) is 5.84 Å². The van der Waals surface area contributed by atoms with E-state index in [0.717, 1.165) is 17.3 Å². The molecule has 1 atom stereocenters. The van der Waals surface area contributed by atoms with Crippen molar-refractivity contribution in [1.29, 1.82) is 0 Å². The lowest BCUT2D eigenvalue weighted by Gasteiger charge is -2.21. The molecule has 1 aliphatic rings. The molecule has 0 aliphatic carbocycles. The average molecular weight is 352 g/mol. The van der Waals surface area contributed by atoms with Gasteiger partial charge in [-0.25, -0.2) is 9.98 Å². The Morgan fingerprint density at radius 2 is 2.04 bits per heavy atom. The summed E-state index contributed by atoms with van der Waals surface area (Å²) in [5.74, 6) is 0.00371. The Morgan fingerprint density at radius 3 is 2.69 bits per heavy atom. The summed E-state index contributed by atoms with van der Waals surface area (Å²) in [7, 11) is 0. The molecule has 0 bridgehead atoms. The topological polar surface area (TPSA) is 83.5 Å². The van der Waals surface area contributed by atoms with Crippen molar-refractivity contribution in [2.24, 2.45) is 10.9 Å². The average Bonchev–Trinajstić information content (AvgIpc) is 2.94. The summed E-state index contributed by atoms with van der Waals surface area (Å²) in [4.78, 5) is 34.4. The van der Waals surface area contributed by atoms with Crippen LogP contribution >= 0.6 is 0 Å². The van der Waals surface area contributed by atoms with Crippen molar-refractivity contribution in [3.05, 3.63) is 41.6 Å². The highest BCUT2D eigenvalue weighted by Crippen LogP contribution is 2.28. The molecule has 2 N–H and O–H groups in total. The van der Waals surface area contributed by atoms with E-state index in [0.29, 0.717) is 23.6 Å². The summed E-state index contributed by atoms with van der Waals surface area (Å²) in [5.41, 5.74) is 0.726. The normalized spacial score (nSPS) is 19.6. The number of rotatable bonds is 5. The largest absolute Gasteiger partial charge is 0.352 e. The Kier molecular flexibility index (Phi) is 4.76. The third-order valence-electron chi connectivity index (χ3n) is 4.89. The molecule has 0 spiro atoms. The second-order valence-electron chi connectivity index (χ2n) is 7.05. The van der Waals surface area contributed by atoms with Crippen LogP contribution in [0.15, 0.2) is 35.3 Å². The first-order valence-corrected chi connectivity index (χ1v) is 8.96. The van der Waals surface area contributed by atoms with Gasteiger partial charge in [0.1, 0.15) is 11.2 Å². The summed E-state index contributed by atoms with van der Waals surface area (Å²) in [6, 6.07) is 9.40. The molecule has 2 amide bonds. The highest BCUT2D eigenvalue weighted by Gasteiger charge is 2.43. The van der Waals surface area contributed by atoms with Crippen molar-refractivity contribution in [3.8, 4) is 0 Å². The Morgan fingerprint density at radius 1 is 1.31 bits per heavy atom. The lowest BCUT2D eigenvalue weighted by atomic mass is 9.89. The number of aromatic nitrogens is 1. The predicted molar refractivity (Wildman–Crippen MR) is 102 cm³/mol. The van der Waals surface area contributed by atoms with Gasteiger partial charge < -0.3 is 10.6 Å². The molecule has 1 aromatic heterocycles. The van der Waals surface area contributed by atoms with Crippen molar-refractivity contribution in [1.82, 2.24) is 15.6 Å². The molecule has 0 saturated carbocycles. The molecule has 2 aromatic rings. The van der Waals surface area contributed by atoms with Crippen LogP contribution in [0.25, 0.3) is 10.9 Å². The summed E-state index contributed by atoms with van der Waals surface area (Å²) < 4.78 is 0. The molecule has 0 fully saturated rings. The molecule has 3 rings (SSSR count). The Hall–Kier alpha value is -2.76. The fourth-order valence-electron chi connectivity index (χ4n) is 2.85. The standard InChI is InChI=1S/C20H24N4O2/c1-5-10-21-18(25)14-11-13-8-6-7-9-15(13)22-16(14)17-23-19(26)20(4,24-17)12(2)3/h6-9,11-12H,5,10H2,1-4H3,(H,21,25)(H,23,24,26)/t20-/m0/s1. The highest BCUT2D eigenvalue weighted by atomic mass is 16.2. The van der Waals surface area contributed by atoms with E-state index in [1.54, 1.807) is 6.92 Å². The van der Waals surface area contributed by atoms with Gasteiger partial charge in [0.2, 0.25) is 0 Å². The zero-order valence-electron chi connectivity index (χ0n) is 15.6. The molecule has 0 saturated heterocycles. The smallest absolute Gasteiger partial charge is 0.253 e. The van der Waals surface area contributed by atoms with Gasteiger partial charge in [-0.2, -0.15) is 0 Å². The fraction of sp³-hybridized carbons (Fsp3) is 0.400. The molecule has 26 heavy (non-hydrogen) atoms. The van der Waals surface area contributed by atoms with Gasteiger partial charge in [-0.1, -0.05) is 39.0 Å². The minimum Gasteiger partial charge on any atom is -0.352 e. The van der Waals surface area contributed by atoms with E-state index >= 15 is 0 Å². The number of amides is 2. The summed E-state index contributed by atoms with van der Waals surface area (Å²) in [5, 5.41) is 6.58. The van der Waals surface area contributed by atoms with Gasteiger partial charge >= 0.3 is 0 Å². The van der Waals surface area contributed by atoms with E-state index < -0.39 is 5.54 Å². The zero-order chi connectivity index (χ0) is 18.9. The lowest BCUT2D eigenvalue weighted by Crippen LogP contribution is -2.41. The van der Waals surface area contributed by atoms with Crippen LogP contribution in [0.3, 0.4) is 0 Å². The molecule has 1 aliphatic heterocycles. The number of carbonyl (C=O) groups excluding carboxylic acids is 2. The van der Waals surface area contributed by atoms with E-state index in [4.69, 9.17) is 0 Å². The number of carbonyl (C=O) groups is 2. The molecule has 0 radical (unpaired) electrons. The van der Waals surface area contributed by atoms with Gasteiger partial charge in [-0.3, -0.25) is 9.59 Å². The van der Waals surface area contributed by atoms with E-state index in [2.05, 4.69) is 20.6 Å². The molecule has 136 valence electrons. The first kappa shape index (κ1) is 18.0. The van der Waals surface area contributed by atoms with Crippen LogP contribution in [0, 0.1) is 5.92 Å². The summed E-state index contributed by atoms with van der Waals surface area (Å²) >= 11 is 0. The molecular formula is C20H24N4O2. The SMILES string of the molecule is CCCNC(=O)c1cc2ccccc2nc1C1=N[C@@](C)(C(C)C)C(=O)N1. The van der Waals surface area contributed by atoms with Crippen molar-refractivity contribution >= 4 is 28.6 Å². The lowest BCUT2D eigenvalue weighted by molar-refractivity contribution is -0.124. The Bertz CT molecular complexity index is 904. The predicted octanol–water partition coefficient (Wildman–Crippen LogP) is 2.67. The molecule has 0 unspecified atom stereocenters. The highest BCUT2D eigenvalue weighted by molar-refractivity contribution is 6.18. The number of aliphatic imine (C=N–C) groups is 1. The van der Waals surface area contributed by atoms with Gasteiger partial charge in [0.25, 0.3) is 11.8 Å². The Balaban J connectivity index is 2.15. The Labute approximate surface area is 153 Å². The number of para-hydroxylation sites is 1. The first-order valence-electron chi connectivity index (χ1n) is 8.96. The molecule has 1 aromatic carbocycles. The maximum atomic E-state index is 12.7. The molecule has 2 heterocycles. The number of fused-ring (bicyclic) bond motifs is 1. The van der Waals surface area contributed by atoms with Gasteiger partial charge in [0, 0.05) is 11.9 Å². The second-order valence-corrected chi connectivity index (χ2v) is 7.05. The summed E-state index contributed by atoms with van der Waals surface area (Å²) in [6.07, 6.45) is 0.838. The van der Waals surface area contributed by atoms with E-state index in [1.807, 2.05) is 51.1 Å². The number of benzene rings is 1. The van der Waals surface area contributed by atoms with E-state index in [9.17, 15) is 9.59 Å². The van der Waals surface area contributed by atoms with Gasteiger partial charge in [-0.05, 0) is 31.4 Å². The van der Waals surface area contributed by atoms with Crippen molar-refractivity contribution in [2.45, 2.75) is 39.7 Å². The molecule has 6 nitrogen and oxygen atoms in total. The number of amidine groups is 1. The molecular weight excluding hydrogens is 328 g/mol. The van der Waals surface area contributed by atoms with Gasteiger partial charge in [0.05, 0.1) is 11.1 Å². The van der Waals surface area contributed by atoms with Crippen LogP contribution in [0.2, 0.25) is 0 Å². The minimum atomic E-state index is -0.861. The van der Waals surface area contributed by atoms with Crippen LogP contribution in [0.4, 0.5) is 0 Å². The quantitative estimate of drug-likeness (QED) is 0.868. The van der Waals surface area contributed by atoms with Crippen LogP contribution in [-0.2, 0) is 4.79 Å². The third kappa shape index (κ3) is 3.07. The third-order valence-corrected chi connectivity index (χ3v) is 4.89. The van der Waals surface area contributed by atoms with Crippen LogP contribution in [0.5, 0.6) is 0 Å². The fourth-order valence-corrected chi connectivity index (χ4v) is 2.85. The monoisotopic (exact) mass is 352 g/mol. The maximum absolute atomic E-state index is 12.7. The number of hydrogen-bond acceptors (Lipinski definition) is 4. The van der Waals surface area contributed by atoms with Crippen LogP contribution in [0.1, 0.15) is 50.2 Å².